The Morgan fingerprint density at radius 3 is 2.40 bits per heavy atom. The van der Waals surface area contributed by atoms with Gasteiger partial charge >= 0.3 is 12.1 Å². The third kappa shape index (κ3) is 8.92. The van der Waals surface area contributed by atoms with Gasteiger partial charge in [-0.15, -0.1) is 11.6 Å². The van der Waals surface area contributed by atoms with Gasteiger partial charge < -0.3 is 24.4 Å². The number of hydrogen-bond acceptors (Lipinski definition) is 12. The lowest BCUT2D eigenvalue weighted by atomic mass is 10.0. The number of halogens is 2. The number of oxime groups is 1. The van der Waals surface area contributed by atoms with Gasteiger partial charge in [-0.2, -0.15) is 0 Å². The second kappa shape index (κ2) is 14.9. The molecule has 3 atom stereocenters. The maximum absolute atomic E-state index is 13.7. The number of carbonyl (C=O) groups is 4. The van der Waals surface area contributed by atoms with E-state index in [0.717, 1.165) is 16.2 Å². The summed E-state index contributed by atoms with van der Waals surface area (Å²) in [4.78, 5) is 63.7. The van der Waals surface area contributed by atoms with E-state index in [1.54, 1.807) is 65.8 Å². The molecular weight excluding hydrogens is 754 g/mol. The van der Waals surface area contributed by atoms with Crippen molar-refractivity contribution in [2.24, 2.45) is 5.16 Å². The van der Waals surface area contributed by atoms with Crippen molar-refractivity contribution in [1.29, 1.82) is 0 Å². The zero-order valence-electron chi connectivity index (χ0n) is 27.2. The molecule has 48 heavy (non-hydrogen) atoms. The predicted octanol–water partition coefficient (Wildman–Crippen LogP) is 4.43. The van der Waals surface area contributed by atoms with Crippen LogP contribution in [-0.4, -0.2) is 85.0 Å². The topological polar surface area (TPSA) is 175 Å². The molecule has 3 amide bonds. The van der Waals surface area contributed by atoms with Crippen LogP contribution in [0, 0.1) is 0 Å². The Bertz CT molecular complexity index is 1680. The molecule has 0 saturated carbocycles. The second-order valence-corrected chi connectivity index (χ2v) is 16.6. The number of hydrogen-bond donors (Lipinski definition) is 2. The molecule has 0 radical (unpaired) electrons. The molecule has 1 fully saturated rings. The zero-order chi connectivity index (χ0) is 35.6. The molecule has 1 aromatic carbocycles. The summed E-state index contributed by atoms with van der Waals surface area (Å²) in [6, 6.07) is 5.59. The first-order valence-electron chi connectivity index (χ1n) is 14.4. The van der Waals surface area contributed by atoms with Crippen LogP contribution in [0.4, 0.5) is 9.93 Å². The SMILES string of the molecule is COc1ccc(COC(=O)C2=C(CCl)CS(=O)C3C(NC(=O)/C(=N/OC(C)(C)C)c4nc(NC(=O)OC(C)(C)C)sc4Br)C(=O)N23)cc1. The number of methoxy groups -OCH3 is 1. The third-order valence-corrected chi connectivity index (χ3v) is 10.0. The number of esters is 1. The van der Waals surface area contributed by atoms with E-state index in [1.165, 1.54) is 7.11 Å². The van der Waals surface area contributed by atoms with Crippen LogP contribution in [0.3, 0.4) is 0 Å². The Labute approximate surface area is 297 Å². The first-order chi connectivity index (χ1) is 22.4. The van der Waals surface area contributed by atoms with Gasteiger partial charge in [0.05, 0.1) is 23.7 Å². The van der Waals surface area contributed by atoms with Crippen molar-refractivity contribution < 1.29 is 42.4 Å². The molecule has 4 rings (SSSR count). The fraction of sp³-hybridized carbons (Fsp3) is 0.467. The number of alkyl halides is 1. The summed E-state index contributed by atoms with van der Waals surface area (Å²) in [5.74, 6) is -2.03. The summed E-state index contributed by atoms with van der Waals surface area (Å²) in [6.45, 7) is 10.2. The highest BCUT2D eigenvalue weighted by atomic mass is 79.9. The number of ether oxygens (including phenoxy) is 3. The van der Waals surface area contributed by atoms with Crippen molar-refractivity contribution in [2.45, 2.75) is 70.8 Å². The van der Waals surface area contributed by atoms with E-state index in [-0.39, 0.29) is 46.0 Å². The van der Waals surface area contributed by atoms with Crippen molar-refractivity contribution in [3.63, 3.8) is 0 Å². The minimum Gasteiger partial charge on any atom is -0.497 e. The largest absolute Gasteiger partial charge is 0.497 e. The van der Waals surface area contributed by atoms with Crippen LogP contribution in [-0.2, 0) is 46.1 Å². The van der Waals surface area contributed by atoms with Gasteiger partial charge in [-0.3, -0.25) is 24.0 Å². The van der Waals surface area contributed by atoms with Gasteiger partial charge in [-0.1, -0.05) is 28.6 Å². The highest BCUT2D eigenvalue weighted by Gasteiger charge is 2.57. The van der Waals surface area contributed by atoms with Gasteiger partial charge in [0.1, 0.15) is 50.2 Å². The van der Waals surface area contributed by atoms with Gasteiger partial charge in [0, 0.05) is 5.88 Å². The number of rotatable bonds is 10. The molecule has 18 heteroatoms. The Kier molecular flexibility index (Phi) is 11.6. The summed E-state index contributed by atoms with van der Waals surface area (Å²) in [6.07, 6.45) is -0.758. The molecule has 2 N–H and O–H groups in total. The molecule has 0 bridgehead atoms. The van der Waals surface area contributed by atoms with Crippen molar-refractivity contribution in [1.82, 2.24) is 15.2 Å². The molecule has 1 saturated heterocycles. The number of aromatic nitrogens is 1. The number of nitrogens with one attached hydrogen (secondary N) is 2. The maximum Gasteiger partial charge on any atom is 0.413 e. The Morgan fingerprint density at radius 1 is 1.15 bits per heavy atom. The molecule has 0 spiro atoms. The smallest absolute Gasteiger partial charge is 0.413 e. The standard InChI is InChI=1S/C30H35BrClN5O9S2/c1-29(2,3)45-28(41)35-27-34-18(22(31)47-27)19(36-46-30(4,5)6)23(38)33-20-24(39)37-21(16(12-32)14-48(42)25(20)37)26(40)44-13-15-8-10-17(43-7)11-9-15/h8-11,20,25H,12-14H2,1-7H3,(H,33,38)(H,34,35,41)/b36-19+. The molecule has 2 aromatic rings. The highest BCUT2D eigenvalue weighted by Crippen LogP contribution is 2.36. The molecular formula is C30H35BrClN5O9S2. The quantitative estimate of drug-likeness (QED) is 0.115. The molecule has 0 aliphatic carbocycles. The Hall–Kier alpha value is -3.54. The van der Waals surface area contributed by atoms with Crippen LogP contribution in [0.25, 0.3) is 0 Å². The number of anilines is 1. The minimum absolute atomic E-state index is 0.00771. The molecule has 2 aliphatic heterocycles. The summed E-state index contributed by atoms with van der Waals surface area (Å²) >= 11 is 10.5. The van der Waals surface area contributed by atoms with E-state index in [4.69, 9.17) is 30.6 Å². The van der Waals surface area contributed by atoms with Crippen molar-refractivity contribution in [3.8, 4) is 5.75 Å². The number of carbonyl (C=O) groups excluding carboxylic acids is 4. The normalized spacial score (nSPS) is 19.6. The van der Waals surface area contributed by atoms with E-state index in [9.17, 15) is 23.4 Å². The first kappa shape index (κ1) is 37.3. The summed E-state index contributed by atoms with van der Waals surface area (Å²) in [5.41, 5.74) is -1.05. The molecule has 14 nitrogen and oxygen atoms in total. The molecule has 2 aliphatic rings. The second-order valence-electron chi connectivity index (χ2n) is 12.5. The van der Waals surface area contributed by atoms with E-state index in [2.05, 4.69) is 36.7 Å². The zero-order valence-corrected chi connectivity index (χ0v) is 31.1. The van der Waals surface area contributed by atoms with Crippen LogP contribution >= 0.6 is 38.9 Å². The van der Waals surface area contributed by atoms with Crippen molar-refractivity contribution in [2.75, 3.05) is 24.1 Å². The van der Waals surface area contributed by atoms with Crippen molar-refractivity contribution >= 4 is 84.4 Å². The van der Waals surface area contributed by atoms with E-state index < -0.39 is 57.3 Å². The van der Waals surface area contributed by atoms with Crippen LogP contribution in [0.2, 0.25) is 0 Å². The van der Waals surface area contributed by atoms with Crippen LogP contribution < -0.4 is 15.4 Å². The lowest BCUT2D eigenvalue weighted by Gasteiger charge is -2.49. The Balaban J connectivity index is 1.55. The summed E-state index contributed by atoms with van der Waals surface area (Å²) in [7, 11) is -0.193. The monoisotopic (exact) mass is 787 g/mol. The van der Waals surface area contributed by atoms with E-state index >= 15 is 0 Å². The lowest BCUT2D eigenvalue weighted by molar-refractivity contribution is -0.153. The average molecular weight is 789 g/mol. The number of amides is 3. The van der Waals surface area contributed by atoms with Gasteiger partial charge in [-0.05, 0) is 80.7 Å². The average Bonchev–Trinajstić information content (AvgIpc) is 3.35. The van der Waals surface area contributed by atoms with E-state index in [0.29, 0.717) is 15.1 Å². The number of benzene rings is 1. The van der Waals surface area contributed by atoms with Crippen LogP contribution in [0.15, 0.2) is 44.5 Å². The number of fused-ring (bicyclic) bond motifs is 1. The fourth-order valence-electron chi connectivity index (χ4n) is 4.36. The number of β-lactam (4-membered cyclic amide) rings is 1. The highest BCUT2D eigenvalue weighted by molar-refractivity contribution is 9.11. The number of thiazole rings is 1. The van der Waals surface area contributed by atoms with Gasteiger partial charge in [0.15, 0.2) is 10.8 Å². The Morgan fingerprint density at radius 2 is 1.81 bits per heavy atom. The van der Waals surface area contributed by atoms with Crippen LogP contribution in [0.1, 0.15) is 52.8 Å². The van der Waals surface area contributed by atoms with Crippen LogP contribution in [0.5, 0.6) is 5.75 Å². The predicted molar refractivity (Wildman–Crippen MR) is 183 cm³/mol. The van der Waals surface area contributed by atoms with Gasteiger partial charge in [0.2, 0.25) is 0 Å². The summed E-state index contributed by atoms with van der Waals surface area (Å²) < 4.78 is 29.5. The molecule has 1 aromatic heterocycles. The van der Waals surface area contributed by atoms with Gasteiger partial charge in [-0.25, -0.2) is 14.6 Å². The van der Waals surface area contributed by atoms with E-state index in [1.807, 2.05) is 0 Å². The molecule has 3 unspecified atom stereocenters. The van der Waals surface area contributed by atoms with Gasteiger partial charge in [0.25, 0.3) is 11.8 Å². The fourth-order valence-corrected chi connectivity index (χ4v) is 7.79. The number of nitrogens with zero attached hydrogens (tertiary/aromatic N) is 3. The third-order valence-electron chi connectivity index (χ3n) is 6.42. The lowest BCUT2D eigenvalue weighted by Crippen LogP contribution is -2.74. The van der Waals surface area contributed by atoms with Crippen molar-refractivity contribution in [3.05, 3.63) is 50.6 Å². The molecule has 260 valence electrons. The first-order valence-corrected chi connectivity index (χ1v) is 18.0. The maximum atomic E-state index is 13.7. The minimum atomic E-state index is -1.73. The summed E-state index contributed by atoms with van der Waals surface area (Å²) in [5, 5.41) is 8.14. The molecule has 3 heterocycles.